The van der Waals surface area contributed by atoms with Crippen molar-refractivity contribution in [2.45, 2.75) is 18.6 Å². The second kappa shape index (κ2) is 10.6. The SMILES string of the molecule is O=C(NCO)[C@H]1C[C@H](Oc2ccccc2F)CN[C@@H]1C(=O)N1CCN(c2ccccc2)CC1. The van der Waals surface area contributed by atoms with E-state index in [4.69, 9.17) is 4.74 Å². The van der Waals surface area contributed by atoms with Gasteiger partial charge < -0.3 is 30.3 Å². The van der Waals surface area contributed by atoms with Crippen LogP contribution in [-0.4, -0.2) is 73.4 Å². The van der Waals surface area contributed by atoms with Crippen LogP contribution in [0.1, 0.15) is 6.42 Å². The number of aliphatic hydroxyl groups excluding tert-OH is 1. The van der Waals surface area contributed by atoms with Gasteiger partial charge in [0.25, 0.3) is 0 Å². The van der Waals surface area contributed by atoms with E-state index in [-0.39, 0.29) is 18.1 Å². The number of benzene rings is 2. The predicted octanol–water partition coefficient (Wildman–Crippen LogP) is 0.966. The lowest BCUT2D eigenvalue weighted by Gasteiger charge is -2.41. The normalized spacial score (nSPS) is 23.2. The zero-order chi connectivity index (χ0) is 23.2. The van der Waals surface area contributed by atoms with Gasteiger partial charge in [-0.1, -0.05) is 30.3 Å². The van der Waals surface area contributed by atoms with Crippen LogP contribution in [-0.2, 0) is 9.59 Å². The molecule has 2 aromatic carbocycles. The van der Waals surface area contributed by atoms with E-state index in [2.05, 4.69) is 15.5 Å². The van der Waals surface area contributed by atoms with E-state index in [1.807, 2.05) is 30.3 Å². The van der Waals surface area contributed by atoms with Gasteiger partial charge in [-0.05, 0) is 30.7 Å². The van der Waals surface area contributed by atoms with Gasteiger partial charge in [-0.25, -0.2) is 4.39 Å². The molecule has 3 atom stereocenters. The fraction of sp³-hybridized carbons (Fsp3) is 0.417. The number of piperazine rings is 1. The van der Waals surface area contributed by atoms with Crippen LogP contribution < -0.4 is 20.3 Å². The Morgan fingerprint density at radius 3 is 2.45 bits per heavy atom. The van der Waals surface area contributed by atoms with Gasteiger partial charge >= 0.3 is 0 Å². The minimum absolute atomic E-state index is 0.104. The molecule has 2 fully saturated rings. The van der Waals surface area contributed by atoms with Crippen molar-refractivity contribution in [3.8, 4) is 5.75 Å². The molecule has 0 radical (unpaired) electrons. The molecule has 9 heteroatoms. The Morgan fingerprint density at radius 1 is 1.06 bits per heavy atom. The average Bonchev–Trinajstić information content (AvgIpc) is 2.86. The number of carbonyl (C=O) groups excluding carboxylic acids is 2. The molecular weight excluding hydrogens is 427 g/mol. The number of piperidine rings is 1. The first-order valence-electron chi connectivity index (χ1n) is 11.2. The minimum Gasteiger partial charge on any atom is -0.486 e. The maximum absolute atomic E-state index is 14.0. The molecule has 176 valence electrons. The number of nitrogens with zero attached hydrogens (tertiary/aromatic N) is 2. The topological polar surface area (TPSA) is 94.1 Å². The highest BCUT2D eigenvalue weighted by atomic mass is 19.1. The van der Waals surface area contributed by atoms with Crippen LogP contribution in [0.2, 0.25) is 0 Å². The number of ether oxygens (including phenoxy) is 1. The van der Waals surface area contributed by atoms with Gasteiger partial charge in [-0.3, -0.25) is 9.59 Å². The van der Waals surface area contributed by atoms with Crippen LogP contribution in [0.3, 0.4) is 0 Å². The third-order valence-electron chi connectivity index (χ3n) is 6.18. The highest BCUT2D eigenvalue weighted by molar-refractivity contribution is 5.90. The summed E-state index contributed by atoms with van der Waals surface area (Å²) in [7, 11) is 0. The van der Waals surface area contributed by atoms with Crippen molar-refractivity contribution in [3.05, 3.63) is 60.4 Å². The molecule has 2 saturated heterocycles. The number of nitrogens with one attached hydrogen (secondary N) is 2. The summed E-state index contributed by atoms with van der Waals surface area (Å²) in [6.07, 6.45) is -0.261. The number of rotatable bonds is 6. The molecule has 2 aliphatic rings. The summed E-state index contributed by atoms with van der Waals surface area (Å²) in [5, 5.41) is 14.7. The highest BCUT2D eigenvalue weighted by Gasteiger charge is 2.42. The van der Waals surface area contributed by atoms with E-state index in [0.29, 0.717) is 32.7 Å². The lowest BCUT2D eigenvalue weighted by Crippen LogP contribution is -2.62. The Hall–Kier alpha value is -3.17. The van der Waals surface area contributed by atoms with Gasteiger partial charge in [0, 0.05) is 38.4 Å². The molecule has 33 heavy (non-hydrogen) atoms. The first-order chi connectivity index (χ1) is 16.1. The summed E-state index contributed by atoms with van der Waals surface area (Å²) in [5.41, 5.74) is 1.12. The van der Waals surface area contributed by atoms with E-state index in [1.54, 1.807) is 17.0 Å². The third-order valence-corrected chi connectivity index (χ3v) is 6.18. The average molecular weight is 457 g/mol. The zero-order valence-corrected chi connectivity index (χ0v) is 18.3. The summed E-state index contributed by atoms with van der Waals surface area (Å²) >= 11 is 0. The fourth-order valence-corrected chi connectivity index (χ4v) is 4.46. The number of para-hydroxylation sites is 2. The second-order valence-corrected chi connectivity index (χ2v) is 8.25. The van der Waals surface area contributed by atoms with Crippen LogP contribution in [0.15, 0.2) is 54.6 Å². The van der Waals surface area contributed by atoms with Crippen molar-refractivity contribution in [2.24, 2.45) is 5.92 Å². The summed E-state index contributed by atoms with van der Waals surface area (Å²) in [4.78, 5) is 30.0. The molecule has 0 unspecified atom stereocenters. The van der Waals surface area contributed by atoms with Gasteiger partial charge in [-0.2, -0.15) is 0 Å². The molecular formula is C24H29FN4O4. The summed E-state index contributed by atoms with van der Waals surface area (Å²) < 4.78 is 19.8. The molecule has 0 aromatic heterocycles. The molecule has 2 heterocycles. The predicted molar refractivity (Wildman–Crippen MR) is 121 cm³/mol. The van der Waals surface area contributed by atoms with Gasteiger partial charge in [-0.15, -0.1) is 0 Å². The van der Waals surface area contributed by atoms with Crippen LogP contribution in [0.25, 0.3) is 0 Å². The van der Waals surface area contributed by atoms with Crippen molar-refractivity contribution in [1.82, 2.24) is 15.5 Å². The number of anilines is 1. The van der Waals surface area contributed by atoms with Crippen molar-refractivity contribution in [2.75, 3.05) is 44.4 Å². The summed E-state index contributed by atoms with van der Waals surface area (Å²) in [6.45, 7) is 2.29. The Morgan fingerprint density at radius 2 is 1.76 bits per heavy atom. The molecule has 3 N–H and O–H groups in total. The molecule has 0 spiro atoms. The van der Waals surface area contributed by atoms with Gasteiger partial charge in [0.2, 0.25) is 11.8 Å². The van der Waals surface area contributed by atoms with Crippen molar-refractivity contribution in [1.29, 1.82) is 0 Å². The Kier molecular flexibility index (Phi) is 7.41. The maximum Gasteiger partial charge on any atom is 0.240 e. The molecule has 0 bridgehead atoms. The summed E-state index contributed by atoms with van der Waals surface area (Å²) in [5.74, 6) is -1.71. The van der Waals surface area contributed by atoms with Crippen molar-refractivity contribution >= 4 is 17.5 Å². The molecule has 4 rings (SSSR count). The lowest BCUT2D eigenvalue weighted by atomic mass is 9.87. The van der Waals surface area contributed by atoms with E-state index in [1.165, 1.54) is 12.1 Å². The first-order valence-corrected chi connectivity index (χ1v) is 11.2. The van der Waals surface area contributed by atoms with Crippen LogP contribution in [0, 0.1) is 11.7 Å². The molecule has 2 aromatic rings. The second-order valence-electron chi connectivity index (χ2n) is 8.25. The fourth-order valence-electron chi connectivity index (χ4n) is 4.46. The first kappa shape index (κ1) is 23.0. The molecule has 0 aliphatic carbocycles. The third kappa shape index (κ3) is 5.43. The largest absolute Gasteiger partial charge is 0.486 e. The number of carbonyl (C=O) groups is 2. The number of amides is 2. The van der Waals surface area contributed by atoms with Crippen LogP contribution in [0.4, 0.5) is 10.1 Å². The number of aliphatic hydroxyl groups is 1. The Labute approximate surface area is 192 Å². The van der Waals surface area contributed by atoms with E-state index >= 15 is 0 Å². The van der Waals surface area contributed by atoms with Gasteiger partial charge in [0.05, 0.1) is 12.0 Å². The van der Waals surface area contributed by atoms with Gasteiger partial charge in [0.15, 0.2) is 11.6 Å². The van der Waals surface area contributed by atoms with E-state index in [0.717, 1.165) is 5.69 Å². The molecule has 2 amide bonds. The molecule has 2 aliphatic heterocycles. The van der Waals surface area contributed by atoms with Gasteiger partial charge in [0.1, 0.15) is 12.8 Å². The smallest absolute Gasteiger partial charge is 0.240 e. The number of halogens is 1. The minimum atomic E-state index is -0.748. The maximum atomic E-state index is 14.0. The summed E-state index contributed by atoms with van der Waals surface area (Å²) in [6, 6.07) is 15.4. The molecule has 0 saturated carbocycles. The van der Waals surface area contributed by atoms with Crippen LogP contribution in [0.5, 0.6) is 5.75 Å². The van der Waals surface area contributed by atoms with Crippen molar-refractivity contribution in [3.63, 3.8) is 0 Å². The monoisotopic (exact) mass is 456 g/mol. The quantitative estimate of drug-likeness (QED) is 0.561. The standard InChI is InChI=1S/C24H29FN4O4/c25-20-8-4-5-9-21(20)33-18-14-19(23(31)27-16-30)22(26-15-18)24(32)29-12-10-28(11-13-29)17-6-2-1-3-7-17/h1-9,18-19,22,26,30H,10-16H2,(H,27,31)/t18-,19-,22-/m0/s1. The van der Waals surface area contributed by atoms with E-state index in [9.17, 15) is 19.1 Å². The van der Waals surface area contributed by atoms with Crippen molar-refractivity contribution < 1.29 is 23.8 Å². The zero-order valence-electron chi connectivity index (χ0n) is 18.3. The lowest BCUT2D eigenvalue weighted by molar-refractivity contribution is -0.142. The Balaban J connectivity index is 1.41. The van der Waals surface area contributed by atoms with E-state index < -0.39 is 36.5 Å². The Bertz CT molecular complexity index is 952. The van der Waals surface area contributed by atoms with Crippen LogP contribution >= 0.6 is 0 Å². The highest BCUT2D eigenvalue weighted by Crippen LogP contribution is 2.25. The number of hydrogen-bond donors (Lipinski definition) is 3. The molecule has 8 nitrogen and oxygen atoms in total. The number of hydrogen-bond acceptors (Lipinski definition) is 6.